The highest BCUT2D eigenvalue weighted by atomic mass is 19.4. The van der Waals surface area contributed by atoms with E-state index in [9.17, 15) is 18.0 Å². The second-order valence-electron chi connectivity index (χ2n) is 7.77. The van der Waals surface area contributed by atoms with E-state index in [0.29, 0.717) is 23.4 Å². The van der Waals surface area contributed by atoms with Crippen LogP contribution >= 0.6 is 0 Å². The first-order chi connectivity index (χ1) is 17.2. The average molecular weight is 492 g/mol. The van der Waals surface area contributed by atoms with Gasteiger partial charge in [-0.1, -0.05) is 18.2 Å². The predicted molar refractivity (Wildman–Crippen MR) is 125 cm³/mol. The van der Waals surface area contributed by atoms with Crippen LogP contribution < -0.4 is 15.5 Å². The third-order valence-corrected chi connectivity index (χ3v) is 5.49. The van der Waals surface area contributed by atoms with Gasteiger partial charge in [-0.15, -0.1) is 5.10 Å². The molecule has 2 N–H and O–H groups in total. The van der Waals surface area contributed by atoms with E-state index in [1.54, 1.807) is 38.1 Å². The number of nitrogens with one attached hydrogen (secondary N) is 2. The van der Waals surface area contributed by atoms with Crippen LogP contribution in [0.4, 0.5) is 35.5 Å². The molecule has 0 radical (unpaired) electrons. The lowest BCUT2D eigenvalue weighted by molar-refractivity contribution is -0.137. The van der Waals surface area contributed by atoms with Crippen molar-refractivity contribution >= 4 is 23.6 Å². The summed E-state index contributed by atoms with van der Waals surface area (Å²) in [6, 6.07) is 11.9. The Balaban J connectivity index is 1.92. The Kier molecular flexibility index (Phi) is 6.36. The Labute approximate surface area is 204 Å². The fourth-order valence-corrected chi connectivity index (χ4v) is 3.89. The Morgan fingerprint density at radius 3 is 2.58 bits per heavy atom. The normalized spacial score (nSPS) is 15.1. The van der Waals surface area contributed by atoms with Crippen LogP contribution in [0.1, 0.15) is 36.6 Å². The van der Waals surface area contributed by atoms with Gasteiger partial charge in [0.05, 0.1) is 23.8 Å². The standard InChI is InChI=1S/C24H19F3N8O/c1-4-30-22(36)31-21-32-23-34(18-7-5-6-17(12-18)24(25,26)27)14(2)19(29-3)20(35(23)33-21)16-10-8-15(13-28)9-11-16/h5-12,20H,4H2,1-2H3,(H2,30,31,33,36)/t20-/m1/s1. The van der Waals surface area contributed by atoms with Gasteiger partial charge in [0.1, 0.15) is 6.04 Å². The second-order valence-corrected chi connectivity index (χ2v) is 7.77. The molecule has 0 unspecified atom stereocenters. The van der Waals surface area contributed by atoms with Crippen LogP contribution in [0.15, 0.2) is 59.9 Å². The fourth-order valence-electron chi connectivity index (χ4n) is 3.89. The topological polar surface area (TPSA) is 103 Å². The molecule has 36 heavy (non-hydrogen) atoms. The zero-order valence-corrected chi connectivity index (χ0v) is 19.1. The molecule has 1 atom stereocenters. The number of anilines is 3. The van der Waals surface area contributed by atoms with Crippen molar-refractivity contribution in [3.8, 4) is 6.07 Å². The van der Waals surface area contributed by atoms with Gasteiger partial charge in [-0.2, -0.15) is 23.4 Å². The van der Waals surface area contributed by atoms with Crippen molar-refractivity contribution in [2.24, 2.45) is 0 Å². The molecule has 0 spiro atoms. The van der Waals surface area contributed by atoms with Gasteiger partial charge in [0, 0.05) is 17.9 Å². The van der Waals surface area contributed by atoms with Crippen LogP contribution in [0, 0.1) is 17.9 Å². The minimum atomic E-state index is -4.57. The molecule has 2 aromatic carbocycles. The van der Waals surface area contributed by atoms with Crippen LogP contribution in [-0.2, 0) is 6.18 Å². The van der Waals surface area contributed by atoms with Gasteiger partial charge in [-0.05, 0) is 49.7 Å². The van der Waals surface area contributed by atoms with Crippen molar-refractivity contribution in [3.63, 3.8) is 0 Å². The van der Waals surface area contributed by atoms with Crippen molar-refractivity contribution in [1.82, 2.24) is 20.1 Å². The summed E-state index contributed by atoms with van der Waals surface area (Å²) in [6.45, 7) is 11.6. The van der Waals surface area contributed by atoms with Crippen molar-refractivity contribution in [2.75, 3.05) is 16.8 Å². The number of carbonyl (C=O) groups excluding carboxylic acids is 1. The van der Waals surface area contributed by atoms with Crippen molar-refractivity contribution < 1.29 is 18.0 Å². The SMILES string of the molecule is [C-]#[N+]C1=C(C)N(c2cccc(C(F)(F)F)c2)c2nc(NC(=O)NCC)nn2[C@@H]1c1ccc(C#N)cc1. The molecule has 2 heterocycles. The molecule has 4 rings (SSSR count). The summed E-state index contributed by atoms with van der Waals surface area (Å²) >= 11 is 0. The molecule has 1 aliphatic rings. The monoisotopic (exact) mass is 492 g/mol. The van der Waals surface area contributed by atoms with Crippen molar-refractivity contribution in [3.05, 3.63) is 88.0 Å². The van der Waals surface area contributed by atoms with Crippen molar-refractivity contribution in [1.29, 1.82) is 5.26 Å². The van der Waals surface area contributed by atoms with Gasteiger partial charge < -0.3 is 5.32 Å². The Hall–Kier alpha value is -4.84. The summed E-state index contributed by atoms with van der Waals surface area (Å²) in [7, 11) is 0. The smallest absolute Gasteiger partial charge is 0.338 e. The van der Waals surface area contributed by atoms with Gasteiger partial charge >= 0.3 is 12.2 Å². The Morgan fingerprint density at radius 2 is 1.97 bits per heavy atom. The molecule has 0 aliphatic carbocycles. The fraction of sp³-hybridized carbons (Fsp3) is 0.208. The number of carbonyl (C=O) groups is 1. The van der Waals surface area contributed by atoms with E-state index in [4.69, 9.17) is 11.8 Å². The molecule has 0 fully saturated rings. The number of amides is 2. The lowest BCUT2D eigenvalue weighted by Crippen LogP contribution is -2.30. The third-order valence-electron chi connectivity index (χ3n) is 5.49. The summed E-state index contributed by atoms with van der Waals surface area (Å²) in [5.74, 6) is 0.0194. The number of nitriles is 1. The maximum Gasteiger partial charge on any atom is 0.416 e. The molecule has 3 aromatic rings. The van der Waals surface area contributed by atoms with Gasteiger partial charge in [0.25, 0.3) is 5.95 Å². The van der Waals surface area contributed by atoms with E-state index in [-0.39, 0.29) is 23.3 Å². The first-order valence-corrected chi connectivity index (χ1v) is 10.7. The highest BCUT2D eigenvalue weighted by Gasteiger charge is 2.38. The van der Waals surface area contributed by atoms with Crippen LogP contribution in [0.2, 0.25) is 0 Å². The van der Waals surface area contributed by atoms with Crippen molar-refractivity contribution in [2.45, 2.75) is 26.1 Å². The van der Waals surface area contributed by atoms with Gasteiger partial charge in [0.15, 0.2) is 0 Å². The minimum Gasteiger partial charge on any atom is -0.338 e. The number of fused-ring (bicyclic) bond motifs is 1. The lowest BCUT2D eigenvalue weighted by Gasteiger charge is -2.34. The van der Waals surface area contributed by atoms with E-state index in [0.717, 1.165) is 12.1 Å². The van der Waals surface area contributed by atoms with E-state index in [1.165, 1.54) is 21.7 Å². The average Bonchev–Trinajstić information content (AvgIpc) is 3.25. The summed E-state index contributed by atoms with van der Waals surface area (Å²) in [6.07, 6.45) is -4.57. The summed E-state index contributed by atoms with van der Waals surface area (Å²) < 4.78 is 41.7. The third kappa shape index (κ3) is 4.44. The molecule has 1 aromatic heterocycles. The molecule has 0 bridgehead atoms. The number of hydrogen-bond donors (Lipinski definition) is 2. The number of allylic oxidation sites excluding steroid dienone is 2. The van der Waals surface area contributed by atoms with Crippen LogP contribution in [0.5, 0.6) is 0 Å². The highest BCUT2D eigenvalue weighted by Crippen LogP contribution is 2.44. The minimum absolute atomic E-state index is 0.0920. The number of urea groups is 1. The highest BCUT2D eigenvalue weighted by molar-refractivity contribution is 5.87. The molecule has 12 heteroatoms. The Morgan fingerprint density at radius 1 is 1.25 bits per heavy atom. The number of halogens is 3. The molecular weight excluding hydrogens is 473 g/mol. The first kappa shape index (κ1) is 24.3. The molecule has 0 saturated carbocycles. The predicted octanol–water partition coefficient (Wildman–Crippen LogP) is 5.20. The Bertz CT molecular complexity index is 1430. The quantitative estimate of drug-likeness (QED) is 0.487. The number of hydrogen-bond acceptors (Lipinski definition) is 5. The number of aromatic nitrogens is 3. The molecule has 2 amide bonds. The van der Waals surface area contributed by atoms with Gasteiger partial charge in [0.2, 0.25) is 11.6 Å². The van der Waals surface area contributed by atoms with E-state index >= 15 is 0 Å². The number of alkyl halides is 3. The molecule has 182 valence electrons. The molecular formula is C24H19F3N8O. The summed E-state index contributed by atoms with van der Waals surface area (Å²) in [5, 5.41) is 18.6. The van der Waals surface area contributed by atoms with E-state index < -0.39 is 23.8 Å². The zero-order valence-electron chi connectivity index (χ0n) is 19.1. The first-order valence-electron chi connectivity index (χ1n) is 10.7. The largest absolute Gasteiger partial charge is 0.416 e. The second kappa shape index (κ2) is 9.43. The van der Waals surface area contributed by atoms with Crippen LogP contribution in [-0.4, -0.2) is 27.3 Å². The number of benzene rings is 2. The van der Waals surface area contributed by atoms with Gasteiger partial charge in [-0.3, -0.25) is 10.2 Å². The van der Waals surface area contributed by atoms with E-state index in [1.807, 2.05) is 6.07 Å². The zero-order chi connectivity index (χ0) is 26.0. The maximum absolute atomic E-state index is 13.4. The maximum atomic E-state index is 13.4. The number of rotatable bonds is 4. The molecule has 0 saturated heterocycles. The molecule has 9 nitrogen and oxygen atoms in total. The summed E-state index contributed by atoms with van der Waals surface area (Å²) in [5.41, 5.74) is 0.835. The lowest BCUT2D eigenvalue weighted by atomic mass is 9.99. The number of nitrogens with zero attached hydrogens (tertiary/aromatic N) is 6. The van der Waals surface area contributed by atoms with Gasteiger partial charge in [-0.25, -0.2) is 14.3 Å². The van der Waals surface area contributed by atoms with Crippen LogP contribution in [0.3, 0.4) is 0 Å². The van der Waals surface area contributed by atoms with Crippen LogP contribution in [0.25, 0.3) is 4.85 Å². The molecule has 1 aliphatic heterocycles. The van der Waals surface area contributed by atoms with E-state index in [2.05, 4.69) is 25.6 Å². The summed E-state index contributed by atoms with van der Waals surface area (Å²) in [4.78, 5) is 21.6.